The Morgan fingerprint density at radius 2 is 2.50 bits per heavy atom. The smallest absolute Gasteiger partial charge is 0.146 e. The fourth-order valence-electron chi connectivity index (χ4n) is 0.757. The molecule has 52 valence electrons. The van der Waals surface area contributed by atoms with Crippen molar-refractivity contribution in [2.45, 2.75) is 6.42 Å². The Labute approximate surface area is 58.3 Å². The van der Waals surface area contributed by atoms with Crippen molar-refractivity contribution in [2.75, 3.05) is 0 Å². The van der Waals surface area contributed by atoms with E-state index in [4.69, 9.17) is 5.21 Å². The molecule has 0 radical (unpaired) electrons. The molecule has 0 unspecified atom stereocenters. The van der Waals surface area contributed by atoms with Gasteiger partial charge < -0.3 is 5.21 Å². The molecule has 1 aliphatic carbocycles. The first-order valence-electron chi connectivity index (χ1n) is 2.91. The summed E-state index contributed by atoms with van der Waals surface area (Å²) >= 11 is 0. The van der Waals surface area contributed by atoms with Gasteiger partial charge in [-0.2, -0.15) is 0 Å². The highest BCUT2D eigenvalue weighted by Crippen LogP contribution is 2.05. The van der Waals surface area contributed by atoms with Crippen molar-refractivity contribution in [3.05, 3.63) is 23.8 Å². The quantitative estimate of drug-likeness (QED) is 0.331. The van der Waals surface area contributed by atoms with Gasteiger partial charge in [-0.05, 0) is 24.1 Å². The van der Waals surface area contributed by atoms with E-state index in [0.29, 0.717) is 17.7 Å². The van der Waals surface area contributed by atoms with E-state index < -0.39 is 0 Å². The van der Waals surface area contributed by atoms with Gasteiger partial charge >= 0.3 is 0 Å². The van der Waals surface area contributed by atoms with E-state index in [1.165, 1.54) is 0 Å². The van der Waals surface area contributed by atoms with E-state index in [1.54, 1.807) is 18.2 Å². The SMILES string of the molecule is O=CC1=C/C(=N\O)C=CC1. The van der Waals surface area contributed by atoms with E-state index >= 15 is 0 Å². The summed E-state index contributed by atoms with van der Waals surface area (Å²) in [6, 6.07) is 0. The molecule has 0 saturated carbocycles. The predicted octanol–water partition coefficient (Wildman–Crippen LogP) is 0.902. The van der Waals surface area contributed by atoms with Gasteiger partial charge in [0.1, 0.15) is 12.0 Å². The van der Waals surface area contributed by atoms with Crippen LogP contribution < -0.4 is 0 Å². The van der Waals surface area contributed by atoms with Crippen molar-refractivity contribution in [1.29, 1.82) is 0 Å². The average molecular weight is 137 g/mol. The summed E-state index contributed by atoms with van der Waals surface area (Å²) in [6.07, 6.45) is 6.37. The van der Waals surface area contributed by atoms with Crippen LogP contribution in [0.4, 0.5) is 0 Å². The maximum absolute atomic E-state index is 10.2. The first-order valence-corrected chi connectivity index (χ1v) is 2.91. The predicted molar refractivity (Wildman–Crippen MR) is 37.1 cm³/mol. The molecule has 10 heavy (non-hydrogen) atoms. The molecule has 0 fully saturated rings. The molecule has 1 aliphatic rings. The van der Waals surface area contributed by atoms with Gasteiger partial charge in [-0.15, -0.1) is 0 Å². The summed E-state index contributed by atoms with van der Waals surface area (Å²) in [6.45, 7) is 0. The Morgan fingerprint density at radius 3 is 3.10 bits per heavy atom. The summed E-state index contributed by atoms with van der Waals surface area (Å²) in [7, 11) is 0. The van der Waals surface area contributed by atoms with Crippen molar-refractivity contribution >= 4 is 12.0 Å². The molecular formula is C7H7NO2. The summed E-state index contributed by atoms with van der Waals surface area (Å²) in [4.78, 5) is 10.2. The monoisotopic (exact) mass is 137 g/mol. The third kappa shape index (κ3) is 1.31. The number of carbonyl (C=O) groups is 1. The van der Waals surface area contributed by atoms with Crippen molar-refractivity contribution in [3.8, 4) is 0 Å². The lowest BCUT2D eigenvalue weighted by Crippen LogP contribution is -1.97. The topological polar surface area (TPSA) is 49.7 Å². The summed E-state index contributed by atoms with van der Waals surface area (Å²) in [5.41, 5.74) is 1.06. The number of aldehydes is 1. The van der Waals surface area contributed by atoms with Crippen molar-refractivity contribution < 1.29 is 10.0 Å². The second kappa shape index (κ2) is 2.96. The van der Waals surface area contributed by atoms with Gasteiger partial charge in [0.25, 0.3) is 0 Å². The van der Waals surface area contributed by atoms with Crippen LogP contribution >= 0.6 is 0 Å². The molecule has 0 spiro atoms. The van der Waals surface area contributed by atoms with Crippen LogP contribution in [0.3, 0.4) is 0 Å². The minimum Gasteiger partial charge on any atom is -0.410 e. The van der Waals surface area contributed by atoms with Gasteiger partial charge in [0.15, 0.2) is 0 Å². The first-order chi connectivity index (χ1) is 4.86. The van der Waals surface area contributed by atoms with Crippen LogP contribution in [0.5, 0.6) is 0 Å². The second-order valence-electron chi connectivity index (χ2n) is 1.97. The Bertz CT molecular complexity index is 226. The lowest BCUT2D eigenvalue weighted by Gasteiger charge is -1.99. The number of oxime groups is 1. The molecular weight excluding hydrogens is 130 g/mol. The van der Waals surface area contributed by atoms with Gasteiger partial charge in [-0.25, -0.2) is 0 Å². The number of carbonyl (C=O) groups excluding carboxylic acids is 1. The van der Waals surface area contributed by atoms with Crippen molar-refractivity contribution in [2.24, 2.45) is 5.16 Å². The highest BCUT2D eigenvalue weighted by atomic mass is 16.4. The fraction of sp³-hybridized carbons (Fsp3) is 0.143. The molecule has 0 aromatic carbocycles. The lowest BCUT2D eigenvalue weighted by molar-refractivity contribution is -0.104. The van der Waals surface area contributed by atoms with Gasteiger partial charge in [-0.3, -0.25) is 4.79 Å². The molecule has 1 N–H and O–H groups in total. The van der Waals surface area contributed by atoms with E-state index in [0.717, 1.165) is 6.29 Å². The Hall–Kier alpha value is -1.38. The molecule has 0 bridgehead atoms. The molecule has 3 heteroatoms. The zero-order chi connectivity index (χ0) is 7.40. The van der Waals surface area contributed by atoms with Gasteiger partial charge in [0, 0.05) is 0 Å². The fourth-order valence-corrected chi connectivity index (χ4v) is 0.757. The standard InChI is InChI=1S/C7H7NO2/c9-5-6-2-1-3-7(4-6)8-10/h1,3-5,10H,2H2/b8-7-. The van der Waals surface area contributed by atoms with Gasteiger partial charge in [0.2, 0.25) is 0 Å². The molecule has 0 aromatic rings. The molecule has 0 saturated heterocycles. The number of allylic oxidation sites excluding steroid dienone is 4. The number of hydrogen-bond donors (Lipinski definition) is 1. The third-order valence-corrected chi connectivity index (χ3v) is 1.24. The van der Waals surface area contributed by atoms with E-state index in [2.05, 4.69) is 5.16 Å². The van der Waals surface area contributed by atoms with Crippen LogP contribution in [0.1, 0.15) is 6.42 Å². The molecule has 1 rings (SSSR count). The summed E-state index contributed by atoms with van der Waals surface area (Å²) in [5, 5.41) is 11.2. The van der Waals surface area contributed by atoms with Crippen molar-refractivity contribution in [1.82, 2.24) is 0 Å². The molecule has 0 amide bonds. The van der Waals surface area contributed by atoms with E-state index in [1.807, 2.05) is 0 Å². The zero-order valence-electron chi connectivity index (χ0n) is 5.32. The number of nitrogens with zero attached hydrogens (tertiary/aromatic N) is 1. The first kappa shape index (κ1) is 6.74. The summed E-state index contributed by atoms with van der Waals surface area (Å²) < 4.78 is 0. The van der Waals surface area contributed by atoms with Crippen LogP contribution in [0.15, 0.2) is 29.0 Å². The highest BCUT2D eigenvalue weighted by molar-refractivity contribution is 6.07. The maximum atomic E-state index is 10.2. The van der Waals surface area contributed by atoms with Crippen LogP contribution in [0.25, 0.3) is 0 Å². The minimum atomic E-state index is 0.424. The second-order valence-corrected chi connectivity index (χ2v) is 1.97. The zero-order valence-corrected chi connectivity index (χ0v) is 5.32. The molecule has 0 atom stereocenters. The molecule has 0 aromatic heterocycles. The minimum absolute atomic E-state index is 0.424. The van der Waals surface area contributed by atoms with Crippen LogP contribution in [0, 0.1) is 0 Å². The normalized spacial score (nSPS) is 20.8. The highest BCUT2D eigenvalue weighted by Gasteiger charge is 2.00. The molecule has 3 nitrogen and oxygen atoms in total. The Balaban J connectivity index is 2.82. The third-order valence-electron chi connectivity index (χ3n) is 1.24. The Kier molecular flexibility index (Phi) is 1.99. The largest absolute Gasteiger partial charge is 0.410 e. The van der Waals surface area contributed by atoms with Gasteiger partial charge in [0.05, 0.1) is 0 Å². The van der Waals surface area contributed by atoms with Crippen LogP contribution in [-0.4, -0.2) is 17.2 Å². The molecule has 0 aliphatic heterocycles. The van der Waals surface area contributed by atoms with Crippen molar-refractivity contribution in [3.63, 3.8) is 0 Å². The van der Waals surface area contributed by atoms with Crippen LogP contribution in [0.2, 0.25) is 0 Å². The van der Waals surface area contributed by atoms with E-state index in [9.17, 15) is 4.79 Å². The Morgan fingerprint density at radius 1 is 1.70 bits per heavy atom. The van der Waals surface area contributed by atoms with Crippen LogP contribution in [-0.2, 0) is 4.79 Å². The maximum Gasteiger partial charge on any atom is 0.146 e. The van der Waals surface area contributed by atoms with Gasteiger partial charge in [-0.1, -0.05) is 11.2 Å². The molecule has 0 heterocycles. The number of hydrogen-bond acceptors (Lipinski definition) is 3. The lowest BCUT2D eigenvalue weighted by atomic mass is 10.1. The summed E-state index contributed by atoms with van der Waals surface area (Å²) in [5.74, 6) is 0. The number of rotatable bonds is 1. The van der Waals surface area contributed by atoms with E-state index in [-0.39, 0.29) is 0 Å². The average Bonchev–Trinajstić information content (AvgIpc) is 2.05.